The number of hydrogen-bond donors (Lipinski definition) is 3. The second-order valence-corrected chi connectivity index (χ2v) is 5.79. The molecule has 2 rings (SSSR count). The molecule has 0 fully saturated rings. The number of anilines is 3. The summed E-state index contributed by atoms with van der Waals surface area (Å²) in [6.45, 7) is 1.76. The Kier molecular flexibility index (Phi) is 5.05. The fourth-order valence-corrected chi connectivity index (χ4v) is 2.44. The topological polar surface area (TPSA) is 116 Å². The monoisotopic (exact) mass is 319 g/mol. The number of amides is 1. The molecule has 2 aromatic rings. The largest absolute Gasteiger partial charge is 0.497 e. The Hall–Kier alpha value is -2.48. The molecule has 0 unspecified atom stereocenters. The van der Waals surface area contributed by atoms with Crippen molar-refractivity contribution >= 4 is 35.0 Å². The Bertz CT molecular complexity index is 643. The first kappa shape index (κ1) is 15.9. The van der Waals surface area contributed by atoms with Crippen LogP contribution in [0.5, 0.6) is 5.75 Å². The zero-order chi connectivity index (χ0) is 16.1. The number of nitrogens with two attached hydrogens (primary N) is 2. The summed E-state index contributed by atoms with van der Waals surface area (Å²) >= 11 is 1.19. The highest BCUT2D eigenvalue weighted by Gasteiger charge is 2.16. The van der Waals surface area contributed by atoms with Gasteiger partial charge in [0.1, 0.15) is 17.4 Å². The maximum Gasteiger partial charge on any atom is 0.237 e. The van der Waals surface area contributed by atoms with Crippen molar-refractivity contribution < 1.29 is 9.53 Å². The Balaban J connectivity index is 1.99. The molecule has 22 heavy (non-hydrogen) atoms. The normalized spacial score (nSPS) is 11.7. The van der Waals surface area contributed by atoms with Gasteiger partial charge in [0.2, 0.25) is 5.91 Å². The molecular weight excluding hydrogens is 302 g/mol. The molecule has 0 spiro atoms. The van der Waals surface area contributed by atoms with Crippen LogP contribution in [0.15, 0.2) is 35.5 Å². The molecule has 0 saturated heterocycles. The van der Waals surface area contributed by atoms with Gasteiger partial charge in [-0.1, -0.05) is 11.8 Å². The maximum absolute atomic E-state index is 12.2. The van der Waals surface area contributed by atoms with Crippen LogP contribution in [0, 0.1) is 0 Å². The number of carbonyl (C=O) groups is 1. The zero-order valence-corrected chi connectivity index (χ0v) is 13.1. The predicted octanol–water partition coefficient (Wildman–Crippen LogP) is 1.77. The second kappa shape index (κ2) is 6.99. The van der Waals surface area contributed by atoms with Crippen LogP contribution in [-0.4, -0.2) is 28.2 Å². The quantitative estimate of drug-likeness (QED) is 0.568. The molecule has 116 valence electrons. The van der Waals surface area contributed by atoms with Crippen LogP contribution in [-0.2, 0) is 4.79 Å². The van der Waals surface area contributed by atoms with Crippen molar-refractivity contribution in [2.75, 3.05) is 23.9 Å². The van der Waals surface area contributed by atoms with E-state index in [1.807, 2.05) is 0 Å². The fraction of sp³-hybridized carbons (Fsp3) is 0.214. The Labute approximate surface area is 132 Å². The van der Waals surface area contributed by atoms with E-state index in [1.165, 1.54) is 17.8 Å². The second-order valence-electron chi connectivity index (χ2n) is 4.48. The number of ether oxygens (including phenoxy) is 1. The molecule has 7 nitrogen and oxygen atoms in total. The van der Waals surface area contributed by atoms with Gasteiger partial charge >= 0.3 is 0 Å². The number of benzene rings is 1. The van der Waals surface area contributed by atoms with Crippen LogP contribution in [0.2, 0.25) is 0 Å². The van der Waals surface area contributed by atoms with Crippen molar-refractivity contribution in [2.24, 2.45) is 0 Å². The molecule has 1 aromatic carbocycles. The van der Waals surface area contributed by atoms with E-state index in [0.717, 1.165) is 5.75 Å². The molecular formula is C14H17N5O2S. The summed E-state index contributed by atoms with van der Waals surface area (Å²) < 4.78 is 5.07. The molecule has 8 heteroatoms. The van der Waals surface area contributed by atoms with Crippen molar-refractivity contribution in [1.82, 2.24) is 9.97 Å². The summed E-state index contributed by atoms with van der Waals surface area (Å²) in [4.78, 5) is 20.2. The lowest BCUT2D eigenvalue weighted by Gasteiger charge is -2.12. The third-order valence-electron chi connectivity index (χ3n) is 2.75. The number of rotatable bonds is 5. The third-order valence-corrected chi connectivity index (χ3v) is 3.72. The van der Waals surface area contributed by atoms with E-state index >= 15 is 0 Å². The van der Waals surface area contributed by atoms with Gasteiger partial charge in [-0.3, -0.25) is 4.79 Å². The minimum atomic E-state index is -0.400. The molecule has 1 atom stereocenters. The average molecular weight is 319 g/mol. The number of nitrogen functional groups attached to an aromatic ring is 2. The van der Waals surface area contributed by atoms with Gasteiger partial charge in [-0.2, -0.15) is 0 Å². The number of nitrogens with zero attached hydrogens (tertiary/aromatic N) is 2. The number of methoxy groups -OCH3 is 1. The summed E-state index contributed by atoms with van der Waals surface area (Å²) in [5.41, 5.74) is 11.9. The molecule has 0 saturated carbocycles. The van der Waals surface area contributed by atoms with E-state index in [1.54, 1.807) is 38.3 Å². The summed E-state index contributed by atoms with van der Waals surface area (Å²) in [7, 11) is 1.59. The first-order chi connectivity index (χ1) is 10.5. The SMILES string of the molecule is COc1ccc(NC(=O)[C@H](C)Sc2nc(N)cc(N)n2)cc1. The molecule has 1 aromatic heterocycles. The van der Waals surface area contributed by atoms with E-state index in [-0.39, 0.29) is 17.5 Å². The number of nitrogens with one attached hydrogen (secondary N) is 1. The molecule has 0 aliphatic carbocycles. The summed E-state index contributed by atoms with van der Waals surface area (Å²) in [6.07, 6.45) is 0. The lowest BCUT2D eigenvalue weighted by Crippen LogP contribution is -2.22. The van der Waals surface area contributed by atoms with Gasteiger partial charge in [0.05, 0.1) is 12.4 Å². The third kappa shape index (κ3) is 4.26. The highest BCUT2D eigenvalue weighted by atomic mass is 32.2. The molecule has 1 heterocycles. The number of aromatic nitrogens is 2. The highest BCUT2D eigenvalue weighted by Crippen LogP contribution is 2.23. The molecule has 0 bridgehead atoms. The number of hydrogen-bond acceptors (Lipinski definition) is 7. The Morgan fingerprint density at radius 3 is 2.36 bits per heavy atom. The lowest BCUT2D eigenvalue weighted by atomic mass is 10.3. The van der Waals surface area contributed by atoms with E-state index in [4.69, 9.17) is 16.2 Å². The highest BCUT2D eigenvalue weighted by molar-refractivity contribution is 8.00. The minimum absolute atomic E-state index is 0.167. The van der Waals surface area contributed by atoms with Gasteiger partial charge in [-0.25, -0.2) is 9.97 Å². The van der Waals surface area contributed by atoms with Crippen LogP contribution in [0.1, 0.15) is 6.92 Å². The molecule has 1 amide bonds. The van der Waals surface area contributed by atoms with Crippen molar-refractivity contribution in [3.05, 3.63) is 30.3 Å². The van der Waals surface area contributed by atoms with E-state index in [9.17, 15) is 4.79 Å². The summed E-state index contributed by atoms with van der Waals surface area (Å²) in [5, 5.41) is 2.78. The van der Waals surface area contributed by atoms with Gasteiger partial charge in [-0.15, -0.1) is 0 Å². The van der Waals surface area contributed by atoms with E-state index < -0.39 is 5.25 Å². The van der Waals surface area contributed by atoms with Crippen molar-refractivity contribution in [1.29, 1.82) is 0 Å². The Morgan fingerprint density at radius 1 is 1.23 bits per heavy atom. The molecule has 0 radical (unpaired) electrons. The molecule has 0 aliphatic rings. The Morgan fingerprint density at radius 2 is 1.82 bits per heavy atom. The first-order valence-corrected chi connectivity index (χ1v) is 7.37. The van der Waals surface area contributed by atoms with Crippen LogP contribution in [0.25, 0.3) is 0 Å². The first-order valence-electron chi connectivity index (χ1n) is 6.49. The maximum atomic E-state index is 12.2. The molecule has 0 aliphatic heterocycles. The van der Waals surface area contributed by atoms with Gasteiger partial charge in [0.25, 0.3) is 0 Å². The van der Waals surface area contributed by atoms with Crippen molar-refractivity contribution in [3.8, 4) is 5.75 Å². The van der Waals surface area contributed by atoms with Crippen LogP contribution >= 0.6 is 11.8 Å². The van der Waals surface area contributed by atoms with Crippen molar-refractivity contribution in [2.45, 2.75) is 17.3 Å². The van der Waals surface area contributed by atoms with E-state index in [2.05, 4.69) is 15.3 Å². The van der Waals surface area contributed by atoms with Gasteiger partial charge in [0, 0.05) is 11.8 Å². The smallest absolute Gasteiger partial charge is 0.237 e. The van der Waals surface area contributed by atoms with Gasteiger partial charge in [-0.05, 0) is 31.2 Å². The minimum Gasteiger partial charge on any atom is -0.497 e. The average Bonchev–Trinajstić information content (AvgIpc) is 2.46. The number of thioether (sulfide) groups is 1. The van der Waals surface area contributed by atoms with Crippen LogP contribution in [0.4, 0.5) is 17.3 Å². The molecule has 5 N–H and O–H groups in total. The van der Waals surface area contributed by atoms with E-state index in [0.29, 0.717) is 10.8 Å². The fourth-order valence-electron chi connectivity index (χ4n) is 1.64. The summed E-state index contributed by atoms with van der Waals surface area (Å²) in [6, 6.07) is 8.54. The van der Waals surface area contributed by atoms with Gasteiger partial charge in [0.15, 0.2) is 5.16 Å². The van der Waals surface area contributed by atoms with Crippen LogP contribution in [0.3, 0.4) is 0 Å². The predicted molar refractivity (Wildman–Crippen MR) is 87.8 cm³/mol. The van der Waals surface area contributed by atoms with Gasteiger partial charge < -0.3 is 21.5 Å². The number of carbonyl (C=O) groups excluding carboxylic acids is 1. The van der Waals surface area contributed by atoms with Crippen molar-refractivity contribution in [3.63, 3.8) is 0 Å². The van der Waals surface area contributed by atoms with Crippen LogP contribution < -0.4 is 21.5 Å². The zero-order valence-electron chi connectivity index (χ0n) is 12.2. The summed E-state index contributed by atoms with van der Waals surface area (Å²) in [5.74, 6) is 1.11. The standard InChI is InChI=1S/C14H17N5O2S/c1-8(22-14-18-11(15)7-12(16)19-14)13(20)17-9-3-5-10(21-2)6-4-9/h3-8H,1-2H3,(H,17,20)(H4,15,16,18,19)/t8-/m0/s1. The lowest BCUT2D eigenvalue weighted by molar-refractivity contribution is -0.115.